The van der Waals surface area contributed by atoms with Crippen LogP contribution in [-0.4, -0.2) is 13.7 Å². The molecule has 1 N–H and O–H groups in total. The first-order valence-electron chi connectivity index (χ1n) is 5.85. The second-order valence-corrected chi connectivity index (χ2v) is 4.75. The van der Waals surface area contributed by atoms with E-state index in [-0.39, 0.29) is 0 Å². The van der Waals surface area contributed by atoms with Crippen molar-refractivity contribution in [3.05, 3.63) is 22.7 Å². The molecule has 0 atom stereocenters. The summed E-state index contributed by atoms with van der Waals surface area (Å²) < 4.78 is 6.37. The number of anilines is 1. The summed E-state index contributed by atoms with van der Waals surface area (Å²) in [5.41, 5.74) is 1.06. The Morgan fingerprint density at radius 1 is 1.25 bits per heavy atom. The van der Waals surface area contributed by atoms with Gasteiger partial charge < -0.3 is 10.1 Å². The molecule has 0 saturated heterocycles. The van der Waals surface area contributed by atoms with E-state index >= 15 is 0 Å². The fourth-order valence-corrected chi connectivity index (χ4v) is 1.95. The summed E-state index contributed by atoms with van der Waals surface area (Å²) in [5, 5.41) is 3.41. The molecule has 1 rings (SSSR count). The normalized spacial score (nSPS) is 10.2. The van der Waals surface area contributed by atoms with Crippen LogP contribution in [0.3, 0.4) is 0 Å². The van der Waals surface area contributed by atoms with Gasteiger partial charge in [-0.25, -0.2) is 0 Å². The van der Waals surface area contributed by atoms with Crippen molar-refractivity contribution in [2.75, 3.05) is 19.0 Å². The van der Waals surface area contributed by atoms with E-state index in [0.717, 1.165) is 22.5 Å². The number of ether oxygens (including phenoxy) is 1. The Kier molecular flexibility index (Phi) is 6.31. The van der Waals surface area contributed by atoms with Gasteiger partial charge in [-0.1, -0.05) is 42.1 Å². The van der Waals surface area contributed by atoms with Crippen LogP contribution in [0, 0.1) is 0 Å². The Morgan fingerprint density at radius 2 is 2.06 bits per heavy atom. The molecule has 0 unspecified atom stereocenters. The van der Waals surface area contributed by atoms with Crippen molar-refractivity contribution < 1.29 is 4.74 Å². The van der Waals surface area contributed by atoms with Gasteiger partial charge in [0, 0.05) is 11.0 Å². The van der Waals surface area contributed by atoms with Crippen molar-refractivity contribution in [1.29, 1.82) is 0 Å². The van der Waals surface area contributed by atoms with Crippen LogP contribution in [0.5, 0.6) is 5.75 Å². The smallest absolute Gasteiger partial charge is 0.142 e. The second kappa shape index (κ2) is 7.55. The summed E-state index contributed by atoms with van der Waals surface area (Å²) in [6.07, 6.45) is 5.10. The Balaban J connectivity index is 2.42. The second-order valence-electron chi connectivity index (χ2n) is 3.83. The van der Waals surface area contributed by atoms with Gasteiger partial charge in [0.05, 0.1) is 12.8 Å². The molecule has 3 heteroatoms. The SMILES string of the molecule is CCCCCCNc1cc(Br)ccc1OC. The van der Waals surface area contributed by atoms with Crippen molar-refractivity contribution in [3.8, 4) is 5.75 Å². The van der Waals surface area contributed by atoms with Gasteiger partial charge in [0.15, 0.2) is 0 Å². The topological polar surface area (TPSA) is 21.3 Å². The summed E-state index contributed by atoms with van der Waals surface area (Å²) in [5.74, 6) is 0.902. The quantitative estimate of drug-likeness (QED) is 0.748. The molecule has 0 aliphatic carbocycles. The maximum absolute atomic E-state index is 5.30. The van der Waals surface area contributed by atoms with Crippen LogP contribution in [0.15, 0.2) is 22.7 Å². The van der Waals surface area contributed by atoms with Crippen LogP contribution < -0.4 is 10.1 Å². The number of hydrogen-bond acceptors (Lipinski definition) is 2. The molecule has 0 aliphatic heterocycles. The van der Waals surface area contributed by atoms with Crippen LogP contribution in [0.4, 0.5) is 5.69 Å². The van der Waals surface area contributed by atoms with E-state index in [1.807, 2.05) is 12.1 Å². The van der Waals surface area contributed by atoms with Crippen LogP contribution in [0.25, 0.3) is 0 Å². The zero-order chi connectivity index (χ0) is 11.8. The molecule has 0 fully saturated rings. The third kappa shape index (κ3) is 4.44. The molecule has 0 heterocycles. The minimum absolute atomic E-state index is 0.902. The summed E-state index contributed by atoms with van der Waals surface area (Å²) in [6, 6.07) is 6.01. The number of rotatable bonds is 7. The molecule has 1 aromatic rings. The first-order valence-corrected chi connectivity index (χ1v) is 6.64. The standard InChI is InChI=1S/C13H20BrNO/c1-3-4-5-6-9-15-12-10-11(14)7-8-13(12)16-2/h7-8,10,15H,3-6,9H2,1-2H3. The van der Waals surface area contributed by atoms with E-state index in [0.29, 0.717) is 0 Å². The minimum Gasteiger partial charge on any atom is -0.495 e. The lowest BCUT2D eigenvalue weighted by Gasteiger charge is -2.11. The molecule has 0 bridgehead atoms. The highest BCUT2D eigenvalue weighted by atomic mass is 79.9. The fourth-order valence-electron chi connectivity index (χ4n) is 1.59. The first kappa shape index (κ1) is 13.4. The summed E-state index contributed by atoms with van der Waals surface area (Å²) in [6.45, 7) is 3.23. The molecule has 90 valence electrons. The average molecular weight is 286 g/mol. The minimum atomic E-state index is 0.902. The highest BCUT2D eigenvalue weighted by Gasteiger charge is 2.02. The Labute approximate surface area is 107 Å². The summed E-state index contributed by atoms with van der Waals surface area (Å²) in [4.78, 5) is 0. The lowest BCUT2D eigenvalue weighted by Crippen LogP contribution is -2.03. The number of unbranched alkanes of at least 4 members (excludes halogenated alkanes) is 3. The molecular formula is C13H20BrNO. The van der Waals surface area contributed by atoms with E-state index in [9.17, 15) is 0 Å². The van der Waals surface area contributed by atoms with Crippen molar-refractivity contribution in [2.45, 2.75) is 32.6 Å². The zero-order valence-corrected chi connectivity index (χ0v) is 11.6. The highest BCUT2D eigenvalue weighted by Crippen LogP contribution is 2.27. The molecule has 0 saturated carbocycles. The molecule has 2 nitrogen and oxygen atoms in total. The van der Waals surface area contributed by atoms with Crippen molar-refractivity contribution in [2.24, 2.45) is 0 Å². The lowest BCUT2D eigenvalue weighted by atomic mass is 10.2. The van der Waals surface area contributed by atoms with Crippen LogP contribution in [0.2, 0.25) is 0 Å². The van der Waals surface area contributed by atoms with E-state index in [4.69, 9.17) is 4.74 Å². The molecular weight excluding hydrogens is 266 g/mol. The van der Waals surface area contributed by atoms with Crippen molar-refractivity contribution in [3.63, 3.8) is 0 Å². The molecule has 0 aliphatic rings. The van der Waals surface area contributed by atoms with Crippen molar-refractivity contribution >= 4 is 21.6 Å². The molecule has 16 heavy (non-hydrogen) atoms. The van der Waals surface area contributed by atoms with Gasteiger partial charge in [0.1, 0.15) is 5.75 Å². The summed E-state index contributed by atoms with van der Waals surface area (Å²) in [7, 11) is 1.70. The number of halogens is 1. The predicted octanol–water partition coefficient (Wildman–Crippen LogP) is 4.45. The Bertz CT molecular complexity index is 315. The van der Waals surface area contributed by atoms with Gasteiger partial charge in [-0.15, -0.1) is 0 Å². The monoisotopic (exact) mass is 285 g/mol. The molecule has 0 spiro atoms. The maximum atomic E-state index is 5.30. The average Bonchev–Trinajstić information content (AvgIpc) is 2.29. The predicted molar refractivity (Wildman–Crippen MR) is 73.3 cm³/mol. The van der Waals surface area contributed by atoms with E-state index in [1.165, 1.54) is 25.7 Å². The summed E-state index contributed by atoms with van der Waals surface area (Å²) >= 11 is 3.46. The van der Waals surface area contributed by atoms with Gasteiger partial charge >= 0.3 is 0 Å². The van der Waals surface area contributed by atoms with Gasteiger partial charge in [-0.3, -0.25) is 0 Å². The van der Waals surface area contributed by atoms with Gasteiger partial charge in [0.25, 0.3) is 0 Å². The molecule has 0 aromatic heterocycles. The van der Waals surface area contributed by atoms with Crippen LogP contribution in [-0.2, 0) is 0 Å². The molecule has 0 radical (unpaired) electrons. The Hall–Kier alpha value is -0.700. The van der Waals surface area contributed by atoms with E-state index in [2.05, 4.69) is 34.2 Å². The number of hydrogen-bond donors (Lipinski definition) is 1. The van der Waals surface area contributed by atoms with Crippen LogP contribution >= 0.6 is 15.9 Å². The largest absolute Gasteiger partial charge is 0.495 e. The maximum Gasteiger partial charge on any atom is 0.142 e. The molecule has 1 aromatic carbocycles. The van der Waals surface area contributed by atoms with E-state index in [1.54, 1.807) is 7.11 Å². The fraction of sp³-hybridized carbons (Fsp3) is 0.538. The van der Waals surface area contributed by atoms with Crippen LogP contribution in [0.1, 0.15) is 32.6 Å². The van der Waals surface area contributed by atoms with Gasteiger partial charge in [-0.2, -0.15) is 0 Å². The first-order chi connectivity index (χ1) is 7.77. The zero-order valence-electron chi connectivity index (χ0n) is 10.1. The van der Waals surface area contributed by atoms with Gasteiger partial charge in [0.2, 0.25) is 0 Å². The molecule has 0 amide bonds. The van der Waals surface area contributed by atoms with Crippen molar-refractivity contribution in [1.82, 2.24) is 0 Å². The van der Waals surface area contributed by atoms with E-state index < -0.39 is 0 Å². The third-order valence-electron chi connectivity index (χ3n) is 2.51. The number of methoxy groups -OCH3 is 1. The Morgan fingerprint density at radius 3 is 2.75 bits per heavy atom. The number of nitrogens with one attached hydrogen (secondary N) is 1. The third-order valence-corrected chi connectivity index (χ3v) is 3.00. The van der Waals surface area contributed by atoms with Gasteiger partial charge in [-0.05, 0) is 24.6 Å². The highest BCUT2D eigenvalue weighted by molar-refractivity contribution is 9.10. The lowest BCUT2D eigenvalue weighted by molar-refractivity contribution is 0.416. The number of benzene rings is 1.